The van der Waals surface area contributed by atoms with Gasteiger partial charge in [0.1, 0.15) is 12.1 Å². The van der Waals surface area contributed by atoms with E-state index in [1.807, 2.05) is 24.3 Å². The van der Waals surface area contributed by atoms with Crippen molar-refractivity contribution < 1.29 is 9.53 Å². The molecule has 1 aromatic heterocycles. The van der Waals surface area contributed by atoms with Gasteiger partial charge in [0.05, 0.1) is 11.7 Å². The topological polar surface area (TPSA) is 81.9 Å². The Morgan fingerprint density at radius 3 is 3.04 bits per heavy atom. The van der Waals surface area contributed by atoms with Crippen molar-refractivity contribution in [2.75, 3.05) is 6.61 Å². The van der Waals surface area contributed by atoms with Gasteiger partial charge >= 0.3 is 0 Å². The van der Waals surface area contributed by atoms with Crippen molar-refractivity contribution >= 4 is 5.91 Å². The summed E-state index contributed by atoms with van der Waals surface area (Å²) in [6.45, 7) is -0.0300. The number of hydrogen-bond donors (Lipinski definition) is 1. The van der Waals surface area contributed by atoms with E-state index in [2.05, 4.69) is 33.0 Å². The quantitative estimate of drug-likeness (QED) is 0.764. The van der Waals surface area contributed by atoms with Gasteiger partial charge in [0, 0.05) is 6.07 Å². The number of rotatable bonds is 5. The molecule has 1 aliphatic rings. The Labute approximate surface area is 151 Å². The second kappa shape index (κ2) is 7.35. The molecule has 7 nitrogen and oxygen atoms in total. The summed E-state index contributed by atoms with van der Waals surface area (Å²) in [6.07, 6.45) is 4.61. The van der Waals surface area contributed by atoms with Crippen LogP contribution in [-0.4, -0.2) is 32.7 Å². The van der Waals surface area contributed by atoms with Crippen LogP contribution in [0.1, 0.15) is 30.0 Å². The van der Waals surface area contributed by atoms with Gasteiger partial charge in [-0.2, -0.15) is 0 Å². The number of aromatic nitrogens is 4. The lowest BCUT2D eigenvalue weighted by Crippen LogP contribution is -2.34. The fourth-order valence-corrected chi connectivity index (χ4v) is 3.28. The lowest BCUT2D eigenvalue weighted by atomic mass is 9.88. The number of carbonyl (C=O) groups excluding carboxylic acids is 1. The van der Waals surface area contributed by atoms with Crippen LogP contribution in [0.5, 0.6) is 5.75 Å². The molecule has 0 spiro atoms. The first-order valence-electron chi connectivity index (χ1n) is 8.63. The molecule has 1 atom stereocenters. The van der Waals surface area contributed by atoms with E-state index < -0.39 is 0 Å². The molecule has 7 heteroatoms. The van der Waals surface area contributed by atoms with Crippen LogP contribution in [0, 0.1) is 0 Å². The maximum absolute atomic E-state index is 12.3. The highest BCUT2D eigenvalue weighted by molar-refractivity contribution is 5.78. The summed E-state index contributed by atoms with van der Waals surface area (Å²) in [5.41, 5.74) is 3.31. The predicted molar refractivity (Wildman–Crippen MR) is 94.9 cm³/mol. The number of nitrogens with one attached hydrogen (secondary N) is 1. The third kappa shape index (κ3) is 3.56. The first-order valence-corrected chi connectivity index (χ1v) is 8.63. The molecule has 1 amide bonds. The number of fused-ring (bicyclic) bond motifs is 1. The molecule has 0 fully saturated rings. The molecule has 0 bridgehead atoms. The minimum Gasteiger partial charge on any atom is -0.484 e. The molecular weight excluding hydrogens is 330 g/mol. The van der Waals surface area contributed by atoms with E-state index in [1.165, 1.54) is 22.1 Å². The zero-order valence-electron chi connectivity index (χ0n) is 14.2. The molecule has 0 unspecified atom stereocenters. The van der Waals surface area contributed by atoms with Crippen molar-refractivity contribution in [3.63, 3.8) is 0 Å². The summed E-state index contributed by atoms with van der Waals surface area (Å²) < 4.78 is 7.18. The van der Waals surface area contributed by atoms with Gasteiger partial charge in [-0.1, -0.05) is 30.3 Å². The van der Waals surface area contributed by atoms with Gasteiger partial charge in [0.25, 0.3) is 5.91 Å². The normalized spacial score (nSPS) is 15.9. The molecule has 0 saturated heterocycles. The molecule has 0 saturated carbocycles. The number of ether oxygens (including phenoxy) is 1. The summed E-state index contributed by atoms with van der Waals surface area (Å²) in [7, 11) is 0. The van der Waals surface area contributed by atoms with Gasteiger partial charge in [0.15, 0.2) is 6.61 Å². The molecule has 26 heavy (non-hydrogen) atoms. The maximum atomic E-state index is 12.3. The Kier molecular flexibility index (Phi) is 4.59. The molecule has 0 radical (unpaired) electrons. The molecule has 3 aromatic rings. The Morgan fingerprint density at radius 1 is 1.23 bits per heavy atom. The maximum Gasteiger partial charge on any atom is 0.258 e. The summed E-state index contributed by atoms with van der Waals surface area (Å²) in [5, 5.41) is 14.2. The van der Waals surface area contributed by atoms with Crippen LogP contribution in [0.15, 0.2) is 54.9 Å². The first kappa shape index (κ1) is 16.3. The molecule has 1 heterocycles. The molecule has 1 aliphatic carbocycles. The minimum absolute atomic E-state index is 0.0300. The van der Waals surface area contributed by atoms with Crippen LogP contribution in [0.2, 0.25) is 0 Å². The Bertz CT molecular complexity index is 894. The van der Waals surface area contributed by atoms with Crippen molar-refractivity contribution in [3.8, 4) is 11.4 Å². The number of hydrogen-bond acceptors (Lipinski definition) is 5. The average molecular weight is 349 g/mol. The third-order valence-corrected chi connectivity index (χ3v) is 4.51. The zero-order valence-corrected chi connectivity index (χ0v) is 14.2. The van der Waals surface area contributed by atoms with Crippen LogP contribution >= 0.6 is 0 Å². The minimum atomic E-state index is -0.125. The Hall–Kier alpha value is -3.22. The number of amides is 1. The zero-order chi connectivity index (χ0) is 17.8. The lowest BCUT2D eigenvalue weighted by molar-refractivity contribution is -0.123. The SMILES string of the molecule is O=C(COc1cccc(-n2cnnn2)c1)N[C@@H]1CCCc2ccccc21. The van der Waals surface area contributed by atoms with E-state index in [0.717, 1.165) is 24.9 Å². The van der Waals surface area contributed by atoms with E-state index in [4.69, 9.17) is 4.74 Å². The van der Waals surface area contributed by atoms with Gasteiger partial charge in [-0.15, -0.1) is 5.10 Å². The molecule has 4 rings (SSSR count). The second-order valence-corrected chi connectivity index (χ2v) is 6.25. The molecular formula is C19H19N5O2. The van der Waals surface area contributed by atoms with E-state index >= 15 is 0 Å². The number of benzene rings is 2. The number of tetrazole rings is 1. The van der Waals surface area contributed by atoms with Gasteiger partial charge in [-0.25, -0.2) is 4.68 Å². The second-order valence-electron chi connectivity index (χ2n) is 6.25. The Morgan fingerprint density at radius 2 is 2.15 bits per heavy atom. The van der Waals surface area contributed by atoms with Crippen LogP contribution in [0.4, 0.5) is 0 Å². The van der Waals surface area contributed by atoms with Crippen molar-refractivity contribution in [1.29, 1.82) is 0 Å². The van der Waals surface area contributed by atoms with E-state index in [-0.39, 0.29) is 18.6 Å². The van der Waals surface area contributed by atoms with Crippen molar-refractivity contribution in [2.24, 2.45) is 0 Å². The van der Waals surface area contributed by atoms with Crippen LogP contribution in [0.25, 0.3) is 5.69 Å². The lowest BCUT2D eigenvalue weighted by Gasteiger charge is -2.26. The summed E-state index contributed by atoms with van der Waals surface area (Å²) in [5.74, 6) is 0.469. The molecule has 2 aromatic carbocycles. The summed E-state index contributed by atoms with van der Waals surface area (Å²) in [6, 6.07) is 15.6. The summed E-state index contributed by atoms with van der Waals surface area (Å²) in [4.78, 5) is 12.3. The summed E-state index contributed by atoms with van der Waals surface area (Å²) >= 11 is 0. The largest absolute Gasteiger partial charge is 0.484 e. The van der Waals surface area contributed by atoms with Crippen LogP contribution < -0.4 is 10.1 Å². The fraction of sp³-hybridized carbons (Fsp3) is 0.263. The average Bonchev–Trinajstić information content (AvgIpc) is 3.22. The molecule has 0 aliphatic heterocycles. The fourth-order valence-electron chi connectivity index (χ4n) is 3.28. The Balaban J connectivity index is 1.37. The van der Waals surface area contributed by atoms with Gasteiger partial charge < -0.3 is 10.1 Å². The van der Waals surface area contributed by atoms with Crippen molar-refractivity contribution in [2.45, 2.75) is 25.3 Å². The van der Waals surface area contributed by atoms with Crippen molar-refractivity contribution in [1.82, 2.24) is 25.5 Å². The monoisotopic (exact) mass is 349 g/mol. The van der Waals surface area contributed by atoms with Crippen LogP contribution in [-0.2, 0) is 11.2 Å². The number of nitrogens with zero attached hydrogens (tertiary/aromatic N) is 4. The van der Waals surface area contributed by atoms with Crippen molar-refractivity contribution in [3.05, 3.63) is 66.0 Å². The van der Waals surface area contributed by atoms with E-state index in [0.29, 0.717) is 5.75 Å². The standard InChI is InChI=1S/C19H19N5O2/c25-19(21-18-10-3-6-14-5-1-2-9-17(14)18)12-26-16-8-4-7-15(11-16)24-13-20-22-23-24/h1-2,4-5,7-9,11,13,18H,3,6,10,12H2,(H,21,25)/t18-/m1/s1. The number of aryl methyl sites for hydroxylation is 1. The van der Waals surface area contributed by atoms with Gasteiger partial charge in [-0.3, -0.25) is 4.79 Å². The smallest absolute Gasteiger partial charge is 0.258 e. The van der Waals surface area contributed by atoms with Gasteiger partial charge in [-0.05, 0) is 52.9 Å². The highest BCUT2D eigenvalue weighted by Gasteiger charge is 2.21. The van der Waals surface area contributed by atoms with E-state index in [9.17, 15) is 4.79 Å². The predicted octanol–water partition coefficient (Wildman–Crippen LogP) is 2.23. The highest BCUT2D eigenvalue weighted by atomic mass is 16.5. The first-order chi connectivity index (χ1) is 12.8. The van der Waals surface area contributed by atoms with Gasteiger partial charge in [0.2, 0.25) is 0 Å². The molecule has 132 valence electrons. The molecule has 1 N–H and O–H groups in total. The van der Waals surface area contributed by atoms with E-state index in [1.54, 1.807) is 12.1 Å². The number of carbonyl (C=O) groups is 1. The highest BCUT2D eigenvalue weighted by Crippen LogP contribution is 2.29. The van der Waals surface area contributed by atoms with Crippen LogP contribution in [0.3, 0.4) is 0 Å². The third-order valence-electron chi connectivity index (χ3n) is 4.51.